The van der Waals surface area contributed by atoms with Gasteiger partial charge in [0.15, 0.2) is 0 Å². The van der Waals surface area contributed by atoms with Crippen LogP contribution < -0.4 is 21.2 Å². The first kappa shape index (κ1) is 6.27. The second-order valence-electron chi connectivity index (χ2n) is 4.08. The summed E-state index contributed by atoms with van der Waals surface area (Å²) in [4.78, 5) is 0. The fraction of sp³-hybridized carbons (Fsp3) is 1.00. The molecule has 2 saturated carbocycles. The normalized spacial score (nSPS) is 58.4. The van der Waals surface area contributed by atoms with E-state index in [4.69, 9.17) is 0 Å². The van der Waals surface area contributed by atoms with Crippen molar-refractivity contribution in [2.24, 2.45) is 17.8 Å². The summed E-state index contributed by atoms with van der Waals surface area (Å²) in [6, 6.07) is 0. The summed E-state index contributed by atoms with van der Waals surface area (Å²) < 4.78 is 3.00. The van der Waals surface area contributed by atoms with E-state index in [2.05, 4.69) is 0 Å². The Hall–Kier alpha value is 0.730. The van der Waals surface area contributed by atoms with Crippen molar-refractivity contribution in [1.82, 2.24) is 0 Å². The van der Waals surface area contributed by atoms with Crippen molar-refractivity contribution in [3.8, 4) is 0 Å². The van der Waals surface area contributed by atoms with Gasteiger partial charge in [-0.15, -0.1) is 0 Å². The van der Waals surface area contributed by atoms with Crippen LogP contribution in [-0.2, 0) is 0 Å². The molecule has 0 aromatic carbocycles. The van der Waals surface area contributed by atoms with E-state index in [1.807, 2.05) is 0 Å². The van der Waals surface area contributed by atoms with Crippen LogP contribution in [0.5, 0.6) is 0 Å². The fourth-order valence-electron chi connectivity index (χ4n) is 3.27. The molecule has 0 amide bonds. The molecule has 4 atom stereocenters. The van der Waals surface area contributed by atoms with E-state index in [1.54, 1.807) is 30.1 Å². The quantitative estimate of drug-likeness (QED) is 0.377. The average Bonchev–Trinajstić information content (AvgIpc) is 2.60. The molecule has 1 saturated heterocycles. The zero-order valence-electron chi connectivity index (χ0n) is 6.22. The molecule has 58 valence electrons. The maximum absolute atomic E-state index is 1.70. The van der Waals surface area contributed by atoms with Crippen LogP contribution in [0.25, 0.3) is 0 Å². The zero-order chi connectivity index (χ0) is 6.55. The first-order chi connectivity index (χ1) is 4.95. The van der Waals surface area contributed by atoms with Crippen LogP contribution in [0.15, 0.2) is 0 Å². The van der Waals surface area contributed by atoms with Gasteiger partial charge in [0.2, 0.25) is 0 Å². The van der Waals surface area contributed by atoms with Gasteiger partial charge in [0.25, 0.3) is 0 Å². The Morgan fingerprint density at radius 1 is 1.10 bits per heavy atom. The Bertz CT molecular complexity index is 139. The SMILES string of the molecule is C1CC2C3C[I-]C(C3)C2C1. The molecular weight excluding hydrogens is 235 g/mol. The Labute approximate surface area is 73.0 Å². The Balaban J connectivity index is 1.92. The van der Waals surface area contributed by atoms with Gasteiger partial charge < -0.3 is 0 Å². The molecule has 3 fully saturated rings. The number of hydrogen-bond donors (Lipinski definition) is 0. The first-order valence-corrected chi connectivity index (χ1v) is 7.30. The molecule has 0 aromatic rings. The molecule has 0 aromatic heterocycles. The van der Waals surface area contributed by atoms with Crippen molar-refractivity contribution in [1.29, 1.82) is 0 Å². The van der Waals surface area contributed by atoms with Crippen molar-refractivity contribution in [2.45, 2.75) is 29.6 Å². The fourth-order valence-corrected chi connectivity index (χ4v) is 8.15. The summed E-state index contributed by atoms with van der Waals surface area (Å²) in [7, 11) is 0. The van der Waals surface area contributed by atoms with Crippen LogP contribution in [0.3, 0.4) is 0 Å². The summed E-state index contributed by atoms with van der Waals surface area (Å²) in [5.74, 6) is 3.73. The molecule has 2 bridgehead atoms. The summed E-state index contributed by atoms with van der Waals surface area (Å²) in [6.07, 6.45) is 6.47. The van der Waals surface area contributed by atoms with Crippen molar-refractivity contribution < 1.29 is 21.2 Å². The van der Waals surface area contributed by atoms with Gasteiger partial charge in [0.1, 0.15) is 0 Å². The third-order valence-electron chi connectivity index (χ3n) is 3.71. The zero-order valence-corrected chi connectivity index (χ0v) is 8.38. The van der Waals surface area contributed by atoms with E-state index >= 15 is 0 Å². The molecule has 1 heteroatoms. The van der Waals surface area contributed by atoms with E-state index in [0.29, 0.717) is 21.2 Å². The van der Waals surface area contributed by atoms with Crippen molar-refractivity contribution >= 4 is 0 Å². The molecule has 3 rings (SSSR count). The molecule has 0 spiro atoms. The van der Waals surface area contributed by atoms with E-state index in [0.717, 1.165) is 0 Å². The van der Waals surface area contributed by atoms with Crippen LogP contribution in [0.2, 0.25) is 0 Å². The third-order valence-corrected chi connectivity index (χ3v) is 7.91. The maximum atomic E-state index is 1.70. The minimum absolute atomic E-state index is 0.692. The average molecular weight is 249 g/mol. The second kappa shape index (κ2) is 2.11. The molecule has 10 heavy (non-hydrogen) atoms. The van der Waals surface area contributed by atoms with Crippen LogP contribution in [0.4, 0.5) is 0 Å². The number of alkyl halides is 2. The topological polar surface area (TPSA) is 0 Å². The molecule has 1 heterocycles. The second-order valence-corrected chi connectivity index (χ2v) is 7.44. The van der Waals surface area contributed by atoms with Gasteiger partial charge in [-0.05, 0) is 0 Å². The van der Waals surface area contributed by atoms with E-state index < -0.39 is 0 Å². The van der Waals surface area contributed by atoms with Gasteiger partial charge in [-0.2, -0.15) is 0 Å². The summed E-state index contributed by atoms with van der Waals surface area (Å²) >= 11 is 0.692. The summed E-state index contributed by atoms with van der Waals surface area (Å²) in [5, 5.41) is 0. The standard InChI is InChI=1S/C9H14I/c1-2-7-6-4-9(10-5-6)8(7)3-1/h6-9H,1-5H2/q-1. The van der Waals surface area contributed by atoms with Crippen LogP contribution in [0, 0.1) is 17.8 Å². The molecule has 0 radical (unpaired) electrons. The Kier molecular flexibility index (Phi) is 1.33. The number of halogens is 1. The monoisotopic (exact) mass is 249 g/mol. The predicted molar refractivity (Wildman–Crippen MR) is 37.6 cm³/mol. The summed E-state index contributed by atoms with van der Waals surface area (Å²) in [5.41, 5.74) is 0. The van der Waals surface area contributed by atoms with Gasteiger partial charge in [-0.3, -0.25) is 0 Å². The number of rotatable bonds is 0. The van der Waals surface area contributed by atoms with Crippen LogP contribution in [0.1, 0.15) is 25.7 Å². The third kappa shape index (κ3) is 0.678. The van der Waals surface area contributed by atoms with Gasteiger partial charge in [-0.1, -0.05) is 0 Å². The van der Waals surface area contributed by atoms with Crippen molar-refractivity contribution in [3.05, 3.63) is 0 Å². The van der Waals surface area contributed by atoms with Crippen LogP contribution >= 0.6 is 0 Å². The summed E-state index contributed by atoms with van der Waals surface area (Å²) in [6.45, 7) is 0. The van der Waals surface area contributed by atoms with Gasteiger partial charge in [-0.25, -0.2) is 0 Å². The van der Waals surface area contributed by atoms with Crippen molar-refractivity contribution in [3.63, 3.8) is 0 Å². The number of hydrogen-bond acceptors (Lipinski definition) is 0. The molecule has 3 aliphatic rings. The molecule has 0 nitrogen and oxygen atoms in total. The van der Waals surface area contributed by atoms with E-state index in [-0.39, 0.29) is 0 Å². The number of fused-ring (bicyclic) bond motifs is 5. The van der Waals surface area contributed by atoms with Crippen LogP contribution in [-0.4, -0.2) is 8.35 Å². The molecule has 0 N–H and O–H groups in total. The van der Waals surface area contributed by atoms with Crippen molar-refractivity contribution in [2.75, 3.05) is 4.43 Å². The Morgan fingerprint density at radius 3 is 2.90 bits per heavy atom. The van der Waals surface area contributed by atoms with Gasteiger partial charge in [0, 0.05) is 0 Å². The first-order valence-electron chi connectivity index (χ1n) is 4.53. The van der Waals surface area contributed by atoms with E-state index in [1.165, 1.54) is 21.7 Å². The minimum atomic E-state index is 0.692. The van der Waals surface area contributed by atoms with Gasteiger partial charge >= 0.3 is 73.0 Å². The molecule has 1 aliphatic heterocycles. The van der Waals surface area contributed by atoms with Gasteiger partial charge in [0.05, 0.1) is 0 Å². The Morgan fingerprint density at radius 2 is 2.00 bits per heavy atom. The molecule has 4 unspecified atom stereocenters. The van der Waals surface area contributed by atoms with E-state index in [9.17, 15) is 0 Å². The predicted octanol–water partition coefficient (Wildman–Crippen LogP) is -1.11. The molecule has 2 aliphatic carbocycles. The molecular formula is C9H14I-.